The van der Waals surface area contributed by atoms with Gasteiger partial charge in [-0.05, 0) is 30.5 Å². The number of hydrogen-bond donors (Lipinski definition) is 0. The SMILES string of the molecule is Fc1cc(Cl)ccc1CC1(CCl)CCOC1. The first kappa shape index (κ1) is 12.2. The molecule has 0 aliphatic carbocycles. The summed E-state index contributed by atoms with van der Waals surface area (Å²) in [6.07, 6.45) is 1.50. The number of ether oxygens (including phenoxy) is 1. The minimum atomic E-state index is -0.260. The molecule has 2 rings (SSSR count). The molecule has 0 amide bonds. The van der Waals surface area contributed by atoms with Gasteiger partial charge in [-0.25, -0.2) is 4.39 Å². The zero-order valence-electron chi connectivity index (χ0n) is 8.81. The molecule has 1 saturated heterocycles. The van der Waals surface area contributed by atoms with Gasteiger partial charge in [-0.2, -0.15) is 0 Å². The van der Waals surface area contributed by atoms with Gasteiger partial charge in [0, 0.05) is 22.9 Å². The standard InChI is InChI=1S/C12H13Cl2FO/c13-7-12(3-4-16-8-12)6-9-1-2-10(14)5-11(9)15/h1-2,5H,3-4,6-8H2. The molecule has 1 nitrogen and oxygen atoms in total. The van der Waals surface area contributed by atoms with Crippen molar-refractivity contribution in [2.75, 3.05) is 19.1 Å². The van der Waals surface area contributed by atoms with Crippen LogP contribution in [0, 0.1) is 11.2 Å². The smallest absolute Gasteiger partial charge is 0.127 e. The molecular formula is C12H13Cl2FO. The van der Waals surface area contributed by atoms with Crippen LogP contribution >= 0.6 is 23.2 Å². The molecule has 88 valence electrons. The highest BCUT2D eigenvalue weighted by Gasteiger charge is 2.34. The molecule has 0 spiro atoms. The fraction of sp³-hybridized carbons (Fsp3) is 0.500. The number of benzene rings is 1. The maximum Gasteiger partial charge on any atom is 0.127 e. The molecule has 16 heavy (non-hydrogen) atoms. The van der Waals surface area contributed by atoms with Crippen LogP contribution in [0.5, 0.6) is 0 Å². The second kappa shape index (κ2) is 4.91. The van der Waals surface area contributed by atoms with E-state index in [1.165, 1.54) is 6.07 Å². The van der Waals surface area contributed by atoms with Gasteiger partial charge in [0.05, 0.1) is 6.61 Å². The molecule has 1 heterocycles. The van der Waals surface area contributed by atoms with E-state index in [0.717, 1.165) is 6.42 Å². The van der Waals surface area contributed by atoms with E-state index in [1.807, 2.05) is 0 Å². The van der Waals surface area contributed by atoms with E-state index in [2.05, 4.69) is 0 Å². The monoisotopic (exact) mass is 262 g/mol. The minimum Gasteiger partial charge on any atom is -0.381 e. The first-order valence-corrected chi connectivity index (χ1v) is 6.14. The first-order chi connectivity index (χ1) is 7.65. The lowest BCUT2D eigenvalue weighted by Crippen LogP contribution is -2.26. The van der Waals surface area contributed by atoms with Crippen LogP contribution in [0.25, 0.3) is 0 Å². The Labute approximate surface area is 105 Å². The molecule has 0 N–H and O–H groups in total. The summed E-state index contributed by atoms with van der Waals surface area (Å²) >= 11 is 11.7. The van der Waals surface area contributed by atoms with Crippen LogP contribution in [0.4, 0.5) is 4.39 Å². The van der Waals surface area contributed by atoms with Crippen LogP contribution in [-0.4, -0.2) is 19.1 Å². The molecule has 1 fully saturated rings. The summed E-state index contributed by atoms with van der Waals surface area (Å²) in [5.41, 5.74) is 0.548. The van der Waals surface area contributed by atoms with E-state index in [-0.39, 0.29) is 11.2 Å². The van der Waals surface area contributed by atoms with Crippen LogP contribution in [0.2, 0.25) is 5.02 Å². The molecule has 1 aromatic rings. The fourth-order valence-electron chi connectivity index (χ4n) is 2.01. The van der Waals surface area contributed by atoms with Gasteiger partial charge in [-0.1, -0.05) is 17.7 Å². The molecule has 0 bridgehead atoms. The molecule has 1 aliphatic rings. The van der Waals surface area contributed by atoms with Crippen molar-refractivity contribution in [2.24, 2.45) is 5.41 Å². The second-order valence-electron chi connectivity index (χ2n) is 4.35. The third-order valence-electron chi connectivity index (χ3n) is 3.05. The Balaban J connectivity index is 2.19. The average molecular weight is 263 g/mol. The van der Waals surface area contributed by atoms with Gasteiger partial charge in [0.25, 0.3) is 0 Å². The Morgan fingerprint density at radius 3 is 2.81 bits per heavy atom. The van der Waals surface area contributed by atoms with E-state index < -0.39 is 0 Å². The largest absolute Gasteiger partial charge is 0.381 e. The Kier molecular flexibility index (Phi) is 3.73. The molecule has 4 heteroatoms. The lowest BCUT2D eigenvalue weighted by Gasteiger charge is -2.24. The highest BCUT2D eigenvalue weighted by molar-refractivity contribution is 6.30. The quantitative estimate of drug-likeness (QED) is 0.756. The summed E-state index contributed by atoms with van der Waals surface area (Å²) in [4.78, 5) is 0. The van der Waals surface area contributed by atoms with E-state index in [0.29, 0.717) is 36.1 Å². The number of hydrogen-bond acceptors (Lipinski definition) is 1. The van der Waals surface area contributed by atoms with Crippen molar-refractivity contribution in [3.8, 4) is 0 Å². The lowest BCUT2D eigenvalue weighted by atomic mass is 9.83. The number of halogens is 3. The topological polar surface area (TPSA) is 9.23 Å². The van der Waals surface area contributed by atoms with Gasteiger partial charge in [0.15, 0.2) is 0 Å². The minimum absolute atomic E-state index is 0.115. The van der Waals surface area contributed by atoms with Crippen LogP contribution in [-0.2, 0) is 11.2 Å². The average Bonchev–Trinajstić information content (AvgIpc) is 2.72. The van der Waals surface area contributed by atoms with Gasteiger partial charge in [0.2, 0.25) is 0 Å². The summed E-state index contributed by atoms with van der Waals surface area (Å²) < 4.78 is 19.0. The third kappa shape index (κ3) is 2.50. The first-order valence-electron chi connectivity index (χ1n) is 5.23. The van der Waals surface area contributed by atoms with E-state index in [9.17, 15) is 4.39 Å². The zero-order valence-corrected chi connectivity index (χ0v) is 10.3. The van der Waals surface area contributed by atoms with Crippen molar-refractivity contribution in [1.82, 2.24) is 0 Å². The Bertz CT molecular complexity index is 375. The van der Waals surface area contributed by atoms with Gasteiger partial charge < -0.3 is 4.74 Å². The normalized spacial score (nSPS) is 24.9. The van der Waals surface area contributed by atoms with Gasteiger partial charge in [-0.15, -0.1) is 11.6 Å². The second-order valence-corrected chi connectivity index (χ2v) is 5.05. The molecule has 0 aromatic heterocycles. The van der Waals surface area contributed by atoms with Gasteiger partial charge in [-0.3, -0.25) is 0 Å². The molecule has 1 aromatic carbocycles. The van der Waals surface area contributed by atoms with Gasteiger partial charge in [0.1, 0.15) is 5.82 Å². The van der Waals surface area contributed by atoms with Crippen molar-refractivity contribution in [3.63, 3.8) is 0 Å². The maximum atomic E-state index is 13.6. The molecule has 0 saturated carbocycles. The van der Waals surface area contributed by atoms with Crippen molar-refractivity contribution in [1.29, 1.82) is 0 Å². The summed E-state index contributed by atoms with van der Waals surface area (Å²) in [7, 11) is 0. The zero-order chi connectivity index (χ0) is 11.6. The third-order valence-corrected chi connectivity index (χ3v) is 3.85. The summed E-state index contributed by atoms with van der Waals surface area (Å²) in [5.74, 6) is 0.235. The number of rotatable bonds is 3. The Morgan fingerprint density at radius 2 is 2.25 bits per heavy atom. The van der Waals surface area contributed by atoms with Crippen molar-refractivity contribution in [2.45, 2.75) is 12.8 Å². The van der Waals surface area contributed by atoms with Crippen LogP contribution in [0.15, 0.2) is 18.2 Å². The van der Waals surface area contributed by atoms with Crippen LogP contribution in [0.1, 0.15) is 12.0 Å². The predicted molar refractivity (Wildman–Crippen MR) is 63.7 cm³/mol. The molecule has 1 aliphatic heterocycles. The van der Waals surface area contributed by atoms with Crippen molar-refractivity contribution < 1.29 is 9.13 Å². The summed E-state index contributed by atoms with van der Waals surface area (Å²) in [5, 5.41) is 0.420. The van der Waals surface area contributed by atoms with E-state index in [1.54, 1.807) is 12.1 Å². The predicted octanol–water partition coefficient (Wildman–Crippen LogP) is 3.67. The van der Waals surface area contributed by atoms with Crippen molar-refractivity contribution in [3.05, 3.63) is 34.6 Å². The van der Waals surface area contributed by atoms with E-state index >= 15 is 0 Å². The molecule has 1 atom stereocenters. The van der Waals surface area contributed by atoms with Crippen molar-refractivity contribution >= 4 is 23.2 Å². The maximum absolute atomic E-state index is 13.6. The Morgan fingerprint density at radius 1 is 1.44 bits per heavy atom. The summed E-state index contributed by atoms with van der Waals surface area (Å²) in [6.45, 7) is 1.32. The highest BCUT2D eigenvalue weighted by Crippen LogP contribution is 2.34. The summed E-state index contributed by atoms with van der Waals surface area (Å²) in [6, 6.07) is 4.77. The van der Waals surface area contributed by atoms with E-state index in [4.69, 9.17) is 27.9 Å². The highest BCUT2D eigenvalue weighted by atomic mass is 35.5. The fourth-order valence-corrected chi connectivity index (χ4v) is 2.47. The number of alkyl halides is 1. The Hall–Kier alpha value is -0.310. The lowest BCUT2D eigenvalue weighted by molar-refractivity contribution is 0.160. The molecule has 0 radical (unpaired) electrons. The van der Waals surface area contributed by atoms with Crippen LogP contribution < -0.4 is 0 Å². The molecule has 1 unspecified atom stereocenters. The van der Waals surface area contributed by atoms with Gasteiger partial charge >= 0.3 is 0 Å². The van der Waals surface area contributed by atoms with Crippen LogP contribution in [0.3, 0.4) is 0 Å². The molecular weight excluding hydrogens is 250 g/mol.